The molecule has 1 heterocycles. The fraction of sp³-hybridized carbons (Fsp3) is 0.217. The molecule has 0 unspecified atom stereocenters. The number of amides is 1. The van der Waals surface area contributed by atoms with Crippen molar-refractivity contribution < 1.29 is 23.7 Å². The van der Waals surface area contributed by atoms with Crippen LogP contribution in [-0.4, -0.2) is 32.2 Å². The Labute approximate surface area is 185 Å². The van der Waals surface area contributed by atoms with Gasteiger partial charge in [0.2, 0.25) is 11.7 Å². The number of benzene rings is 2. The molecule has 0 radical (unpaired) electrons. The number of hydrogen-bond acceptors (Lipinski definition) is 7. The molecule has 7 nitrogen and oxygen atoms in total. The van der Waals surface area contributed by atoms with Gasteiger partial charge in [0.25, 0.3) is 0 Å². The van der Waals surface area contributed by atoms with Gasteiger partial charge in [0, 0.05) is 29.3 Å². The number of anilines is 1. The molecular formula is C23H24N2O5S. The molecular weight excluding hydrogens is 416 g/mol. The molecule has 3 rings (SSSR count). The number of thiazole rings is 1. The zero-order valence-corrected chi connectivity index (χ0v) is 18.6. The molecule has 0 fully saturated rings. The van der Waals surface area contributed by atoms with Gasteiger partial charge in [0.05, 0.1) is 32.0 Å². The number of rotatable bonds is 9. The van der Waals surface area contributed by atoms with Gasteiger partial charge in [0.1, 0.15) is 12.4 Å². The highest BCUT2D eigenvalue weighted by Crippen LogP contribution is 2.39. The van der Waals surface area contributed by atoms with Gasteiger partial charge in [-0.3, -0.25) is 4.79 Å². The molecule has 31 heavy (non-hydrogen) atoms. The monoisotopic (exact) mass is 440 g/mol. The maximum Gasteiger partial charge on any atom is 0.248 e. The van der Waals surface area contributed by atoms with Gasteiger partial charge >= 0.3 is 0 Å². The van der Waals surface area contributed by atoms with Gasteiger partial charge in [0.15, 0.2) is 11.5 Å². The number of nitrogens with one attached hydrogen (secondary N) is 1. The minimum atomic E-state index is -0.284. The minimum absolute atomic E-state index is 0.284. The second-order valence-corrected chi connectivity index (χ2v) is 7.51. The lowest BCUT2D eigenvalue weighted by atomic mass is 10.2. The first-order valence-electron chi connectivity index (χ1n) is 9.45. The quantitative estimate of drug-likeness (QED) is 0.486. The summed E-state index contributed by atoms with van der Waals surface area (Å²) >= 11 is 1.60. The predicted molar refractivity (Wildman–Crippen MR) is 121 cm³/mol. The Balaban J connectivity index is 1.59. The van der Waals surface area contributed by atoms with Gasteiger partial charge < -0.3 is 24.3 Å². The van der Waals surface area contributed by atoms with Gasteiger partial charge in [-0.05, 0) is 30.7 Å². The molecule has 162 valence electrons. The van der Waals surface area contributed by atoms with E-state index in [0.717, 1.165) is 22.0 Å². The van der Waals surface area contributed by atoms with Crippen LogP contribution in [0.5, 0.6) is 23.0 Å². The molecule has 8 heteroatoms. The average Bonchev–Trinajstić information content (AvgIpc) is 3.21. The molecule has 0 saturated heterocycles. The molecule has 1 N–H and O–H groups in total. The summed E-state index contributed by atoms with van der Waals surface area (Å²) in [5.74, 6) is 1.85. The number of carbonyl (C=O) groups is 1. The molecule has 2 aromatic carbocycles. The van der Waals surface area contributed by atoms with E-state index in [0.29, 0.717) is 29.5 Å². The van der Waals surface area contributed by atoms with E-state index in [2.05, 4.69) is 10.3 Å². The van der Waals surface area contributed by atoms with Crippen molar-refractivity contribution in [1.29, 1.82) is 0 Å². The maximum atomic E-state index is 12.3. The third kappa shape index (κ3) is 5.99. The van der Waals surface area contributed by atoms with Crippen molar-refractivity contribution in [2.24, 2.45) is 0 Å². The Morgan fingerprint density at radius 3 is 2.29 bits per heavy atom. The van der Waals surface area contributed by atoms with E-state index in [4.69, 9.17) is 18.9 Å². The number of carbonyl (C=O) groups excluding carboxylic acids is 1. The lowest BCUT2D eigenvalue weighted by molar-refractivity contribution is -0.111. The average molecular weight is 441 g/mol. The maximum absolute atomic E-state index is 12.3. The molecule has 0 spiro atoms. The lowest BCUT2D eigenvalue weighted by Gasteiger charge is -2.14. The number of aryl methyl sites for hydroxylation is 1. The van der Waals surface area contributed by atoms with Gasteiger partial charge in [-0.1, -0.05) is 12.1 Å². The predicted octanol–water partition coefficient (Wildman–Crippen LogP) is 4.71. The third-order valence-corrected chi connectivity index (χ3v) is 5.12. The van der Waals surface area contributed by atoms with Crippen molar-refractivity contribution >= 4 is 29.0 Å². The number of nitrogens with zero attached hydrogens (tertiary/aromatic N) is 1. The summed E-state index contributed by atoms with van der Waals surface area (Å²) < 4.78 is 21.6. The number of hydrogen-bond donors (Lipinski definition) is 1. The zero-order chi connectivity index (χ0) is 22.2. The first kappa shape index (κ1) is 22.2. The number of methoxy groups -OCH3 is 3. The summed E-state index contributed by atoms with van der Waals surface area (Å²) in [6.07, 6.45) is 3.18. The Morgan fingerprint density at radius 2 is 1.74 bits per heavy atom. The van der Waals surface area contributed by atoms with E-state index >= 15 is 0 Å². The van der Waals surface area contributed by atoms with Gasteiger partial charge in [-0.2, -0.15) is 0 Å². The van der Waals surface area contributed by atoms with Crippen LogP contribution in [-0.2, 0) is 11.4 Å². The Kier molecular flexibility index (Phi) is 7.50. The Hall–Kier alpha value is -3.52. The third-order valence-electron chi connectivity index (χ3n) is 4.29. The van der Waals surface area contributed by atoms with E-state index in [1.807, 2.05) is 36.6 Å². The highest BCUT2D eigenvalue weighted by Gasteiger charge is 2.13. The summed E-state index contributed by atoms with van der Waals surface area (Å²) in [6.45, 7) is 2.39. The van der Waals surface area contributed by atoms with Crippen LogP contribution < -0.4 is 24.3 Å². The molecule has 0 bridgehead atoms. The van der Waals surface area contributed by atoms with E-state index in [-0.39, 0.29) is 5.91 Å². The molecule has 0 atom stereocenters. The molecule has 1 aromatic heterocycles. The van der Waals surface area contributed by atoms with Crippen molar-refractivity contribution in [3.8, 4) is 23.0 Å². The normalized spacial score (nSPS) is 10.7. The van der Waals surface area contributed by atoms with Crippen LogP contribution >= 0.6 is 11.3 Å². The Morgan fingerprint density at radius 1 is 1.06 bits per heavy atom. The second-order valence-electron chi connectivity index (χ2n) is 6.45. The standard InChI is InChI=1S/C23H24N2O5S/c1-15-24-18(14-31-15)13-30-19-8-5-16(6-9-19)7-10-22(26)25-17-11-20(27-2)23(29-4)21(12-17)28-3/h5-12,14H,13H2,1-4H3,(H,25,26)/b10-7+. The van der Waals surface area contributed by atoms with Crippen LogP contribution in [0.4, 0.5) is 5.69 Å². The van der Waals surface area contributed by atoms with Crippen LogP contribution in [0.3, 0.4) is 0 Å². The summed E-state index contributed by atoms with van der Waals surface area (Å²) in [4.78, 5) is 16.7. The first-order valence-corrected chi connectivity index (χ1v) is 10.3. The topological polar surface area (TPSA) is 78.9 Å². The van der Waals surface area contributed by atoms with Crippen molar-refractivity contribution in [1.82, 2.24) is 4.98 Å². The SMILES string of the molecule is COc1cc(NC(=O)/C=C/c2ccc(OCc3csc(C)n3)cc2)cc(OC)c1OC. The Bertz CT molecular complexity index is 1040. The second kappa shape index (κ2) is 10.5. The molecule has 0 aliphatic rings. The van der Waals surface area contributed by atoms with E-state index in [1.54, 1.807) is 29.5 Å². The molecule has 0 aliphatic carbocycles. The van der Waals surface area contributed by atoms with E-state index in [9.17, 15) is 4.79 Å². The lowest BCUT2D eigenvalue weighted by Crippen LogP contribution is -2.08. The number of aromatic nitrogens is 1. The van der Waals surface area contributed by atoms with Crippen LogP contribution in [0.25, 0.3) is 6.08 Å². The van der Waals surface area contributed by atoms with Crippen molar-refractivity contribution in [2.75, 3.05) is 26.6 Å². The highest BCUT2D eigenvalue weighted by atomic mass is 32.1. The fourth-order valence-corrected chi connectivity index (χ4v) is 3.41. The first-order chi connectivity index (χ1) is 15.0. The van der Waals surface area contributed by atoms with Crippen LogP contribution in [0, 0.1) is 6.92 Å². The van der Waals surface area contributed by atoms with Crippen molar-refractivity contribution in [2.45, 2.75) is 13.5 Å². The van der Waals surface area contributed by atoms with Crippen molar-refractivity contribution in [3.05, 3.63) is 64.1 Å². The van der Waals surface area contributed by atoms with Crippen molar-refractivity contribution in [3.63, 3.8) is 0 Å². The summed E-state index contributed by atoms with van der Waals surface area (Å²) in [5.41, 5.74) is 2.32. The molecule has 1 amide bonds. The zero-order valence-electron chi connectivity index (χ0n) is 17.8. The largest absolute Gasteiger partial charge is 0.493 e. The highest BCUT2D eigenvalue weighted by molar-refractivity contribution is 7.09. The fourth-order valence-electron chi connectivity index (χ4n) is 2.82. The van der Waals surface area contributed by atoms with Crippen LogP contribution in [0.15, 0.2) is 47.9 Å². The van der Waals surface area contributed by atoms with E-state index < -0.39 is 0 Å². The van der Waals surface area contributed by atoms with Gasteiger partial charge in [-0.25, -0.2) is 4.98 Å². The molecule has 0 aliphatic heterocycles. The summed E-state index contributed by atoms with van der Waals surface area (Å²) in [5, 5.41) is 5.80. The smallest absolute Gasteiger partial charge is 0.248 e. The van der Waals surface area contributed by atoms with Crippen LogP contribution in [0.2, 0.25) is 0 Å². The number of ether oxygens (including phenoxy) is 4. The van der Waals surface area contributed by atoms with E-state index in [1.165, 1.54) is 27.4 Å². The molecule has 0 saturated carbocycles. The molecule has 3 aromatic rings. The summed E-state index contributed by atoms with van der Waals surface area (Å²) in [7, 11) is 4.57. The summed E-state index contributed by atoms with van der Waals surface area (Å²) in [6, 6.07) is 10.8. The van der Waals surface area contributed by atoms with Gasteiger partial charge in [-0.15, -0.1) is 11.3 Å². The van der Waals surface area contributed by atoms with Crippen LogP contribution in [0.1, 0.15) is 16.3 Å². The minimum Gasteiger partial charge on any atom is -0.493 e.